The quantitative estimate of drug-likeness (QED) is 0.779. The van der Waals surface area contributed by atoms with Crippen molar-refractivity contribution in [3.8, 4) is 0 Å². The molecule has 0 bridgehead atoms. The van der Waals surface area contributed by atoms with E-state index in [-0.39, 0.29) is 11.7 Å². The number of carbonyl (C=O) groups is 1. The lowest BCUT2D eigenvalue weighted by atomic mass is 10.2. The first kappa shape index (κ1) is 16.2. The van der Waals surface area contributed by atoms with E-state index in [2.05, 4.69) is 15.5 Å². The van der Waals surface area contributed by atoms with E-state index in [0.717, 1.165) is 5.56 Å². The summed E-state index contributed by atoms with van der Waals surface area (Å²) in [6, 6.07) is 7.35. The molecular weight excluding hydrogens is 330 g/mol. The van der Waals surface area contributed by atoms with E-state index in [1.807, 2.05) is 18.4 Å². The van der Waals surface area contributed by atoms with Crippen LogP contribution in [-0.2, 0) is 17.1 Å². The fourth-order valence-corrected chi connectivity index (χ4v) is 2.56. The number of halogens is 1. The summed E-state index contributed by atoms with van der Waals surface area (Å²) in [6.07, 6.45) is 1.96. The maximum Gasteiger partial charge on any atom is 0.277 e. The van der Waals surface area contributed by atoms with E-state index in [9.17, 15) is 4.79 Å². The summed E-state index contributed by atoms with van der Waals surface area (Å²) < 4.78 is 5.38. The van der Waals surface area contributed by atoms with Gasteiger partial charge in [0.1, 0.15) is 0 Å². The fraction of sp³-hybridized carbons (Fsp3) is 0.308. The predicted molar refractivity (Wildman–Crippen MR) is 85.5 cm³/mol. The third-order valence-electron chi connectivity index (χ3n) is 2.45. The first-order valence-corrected chi connectivity index (χ1v) is 8.88. The molecule has 2 aromatic rings. The minimum absolute atomic E-state index is 0.0837. The summed E-state index contributed by atoms with van der Waals surface area (Å²) in [5.74, 6) is 1.41. The van der Waals surface area contributed by atoms with Gasteiger partial charge in [-0.3, -0.25) is 4.79 Å². The molecule has 0 saturated heterocycles. The Hall–Kier alpha value is -1.18. The Morgan fingerprint density at radius 2 is 2.10 bits per heavy atom. The van der Waals surface area contributed by atoms with Gasteiger partial charge in [-0.05, 0) is 24.0 Å². The van der Waals surface area contributed by atoms with E-state index >= 15 is 0 Å². The molecule has 0 atom stereocenters. The average Bonchev–Trinajstić information content (AvgIpc) is 2.93. The van der Waals surface area contributed by atoms with Gasteiger partial charge >= 0.3 is 0 Å². The van der Waals surface area contributed by atoms with Crippen molar-refractivity contribution in [2.24, 2.45) is 0 Å². The molecule has 0 aliphatic carbocycles. The molecule has 0 saturated carbocycles. The van der Waals surface area contributed by atoms with Gasteiger partial charge < -0.3 is 9.73 Å². The topological polar surface area (TPSA) is 68.0 Å². The second-order valence-electron chi connectivity index (χ2n) is 4.09. The van der Waals surface area contributed by atoms with Crippen LogP contribution in [0.2, 0.25) is 5.02 Å². The number of thioether (sulfide) groups is 2. The maximum atomic E-state index is 11.7. The Kier molecular flexibility index (Phi) is 6.41. The Morgan fingerprint density at radius 3 is 2.81 bits per heavy atom. The SMILES string of the molecule is CSCc1nnc(SCC(=O)NCc2ccc(Cl)cc2)o1. The summed E-state index contributed by atoms with van der Waals surface area (Å²) in [7, 11) is 0. The molecule has 0 aliphatic rings. The Morgan fingerprint density at radius 1 is 1.33 bits per heavy atom. The van der Waals surface area contributed by atoms with Crippen LogP contribution in [0.5, 0.6) is 0 Å². The second kappa shape index (κ2) is 8.31. The molecule has 0 radical (unpaired) electrons. The maximum absolute atomic E-state index is 11.7. The molecule has 1 aromatic heterocycles. The van der Waals surface area contributed by atoms with Crippen molar-refractivity contribution in [3.05, 3.63) is 40.7 Å². The van der Waals surface area contributed by atoms with Gasteiger partial charge in [0, 0.05) is 11.6 Å². The van der Waals surface area contributed by atoms with Crippen LogP contribution in [0.1, 0.15) is 11.5 Å². The van der Waals surface area contributed by atoms with Crippen LogP contribution in [-0.4, -0.2) is 28.1 Å². The smallest absolute Gasteiger partial charge is 0.277 e. The van der Waals surface area contributed by atoms with Crippen molar-refractivity contribution in [1.29, 1.82) is 0 Å². The van der Waals surface area contributed by atoms with E-state index in [1.54, 1.807) is 23.9 Å². The van der Waals surface area contributed by atoms with Gasteiger partial charge in [-0.25, -0.2) is 0 Å². The molecule has 1 heterocycles. The molecule has 1 amide bonds. The zero-order valence-electron chi connectivity index (χ0n) is 11.3. The van der Waals surface area contributed by atoms with Crippen LogP contribution in [0.3, 0.4) is 0 Å². The largest absolute Gasteiger partial charge is 0.415 e. The molecule has 1 aromatic carbocycles. The lowest BCUT2D eigenvalue weighted by Crippen LogP contribution is -2.24. The molecule has 1 N–H and O–H groups in total. The van der Waals surface area contributed by atoms with Gasteiger partial charge in [-0.2, -0.15) is 11.8 Å². The van der Waals surface area contributed by atoms with Crippen molar-refractivity contribution < 1.29 is 9.21 Å². The minimum atomic E-state index is -0.0837. The highest BCUT2D eigenvalue weighted by Crippen LogP contribution is 2.17. The monoisotopic (exact) mass is 343 g/mol. The van der Waals surface area contributed by atoms with Gasteiger partial charge in [0.05, 0.1) is 11.5 Å². The summed E-state index contributed by atoms with van der Waals surface area (Å²) in [6.45, 7) is 0.470. The summed E-state index contributed by atoms with van der Waals surface area (Å²) in [5.41, 5.74) is 0.998. The average molecular weight is 344 g/mol. The number of benzene rings is 1. The van der Waals surface area contributed by atoms with Gasteiger partial charge in [0.2, 0.25) is 11.8 Å². The van der Waals surface area contributed by atoms with Crippen LogP contribution in [0.15, 0.2) is 33.9 Å². The second-order valence-corrected chi connectivity index (χ2v) is 6.32. The van der Waals surface area contributed by atoms with Crippen molar-refractivity contribution in [2.45, 2.75) is 17.5 Å². The van der Waals surface area contributed by atoms with Gasteiger partial charge in [-0.15, -0.1) is 10.2 Å². The standard InChI is InChI=1S/C13H14ClN3O2S2/c1-20-8-12-16-17-13(19-12)21-7-11(18)15-6-9-2-4-10(14)5-3-9/h2-5H,6-8H2,1H3,(H,15,18). The molecule has 5 nitrogen and oxygen atoms in total. The van der Waals surface area contributed by atoms with Crippen molar-refractivity contribution in [3.63, 3.8) is 0 Å². The van der Waals surface area contributed by atoms with Crippen molar-refractivity contribution in [2.75, 3.05) is 12.0 Å². The number of hydrogen-bond acceptors (Lipinski definition) is 6. The first-order valence-electron chi connectivity index (χ1n) is 6.12. The number of carbonyl (C=O) groups excluding carboxylic acids is 1. The van der Waals surface area contributed by atoms with E-state index < -0.39 is 0 Å². The Bertz CT molecular complexity index is 589. The Labute approximate surface area is 136 Å². The predicted octanol–water partition coefficient (Wildman–Crippen LogP) is 2.99. The zero-order chi connectivity index (χ0) is 15.1. The molecule has 0 fully saturated rings. The molecule has 0 unspecified atom stereocenters. The van der Waals surface area contributed by atoms with Crippen LogP contribution >= 0.6 is 35.1 Å². The summed E-state index contributed by atoms with van der Waals surface area (Å²) in [5, 5.41) is 11.7. The number of rotatable bonds is 7. The number of nitrogens with one attached hydrogen (secondary N) is 1. The number of hydrogen-bond donors (Lipinski definition) is 1. The van der Waals surface area contributed by atoms with Crippen molar-refractivity contribution in [1.82, 2.24) is 15.5 Å². The van der Waals surface area contributed by atoms with Crippen LogP contribution < -0.4 is 5.32 Å². The Balaban J connectivity index is 1.72. The van der Waals surface area contributed by atoms with Gasteiger partial charge in [-0.1, -0.05) is 35.5 Å². The van der Waals surface area contributed by atoms with E-state index in [0.29, 0.717) is 28.4 Å². The van der Waals surface area contributed by atoms with Gasteiger partial charge in [0.15, 0.2) is 0 Å². The third-order valence-corrected chi connectivity index (χ3v) is 4.05. The zero-order valence-corrected chi connectivity index (χ0v) is 13.7. The minimum Gasteiger partial charge on any atom is -0.415 e. The highest BCUT2D eigenvalue weighted by molar-refractivity contribution is 7.99. The van der Waals surface area contributed by atoms with Crippen molar-refractivity contribution >= 4 is 41.0 Å². The highest BCUT2D eigenvalue weighted by Gasteiger charge is 2.09. The lowest BCUT2D eigenvalue weighted by Gasteiger charge is -2.04. The molecule has 8 heteroatoms. The molecular formula is C13H14ClN3O2S2. The molecule has 0 aliphatic heterocycles. The van der Waals surface area contributed by atoms with E-state index in [1.165, 1.54) is 11.8 Å². The highest BCUT2D eigenvalue weighted by atomic mass is 35.5. The summed E-state index contributed by atoms with van der Waals surface area (Å²) in [4.78, 5) is 11.7. The normalized spacial score (nSPS) is 10.6. The number of amides is 1. The van der Waals surface area contributed by atoms with Gasteiger partial charge in [0.25, 0.3) is 5.22 Å². The van der Waals surface area contributed by atoms with Crippen LogP contribution in [0, 0.1) is 0 Å². The molecule has 21 heavy (non-hydrogen) atoms. The third kappa shape index (κ3) is 5.61. The first-order chi connectivity index (χ1) is 10.2. The van der Waals surface area contributed by atoms with E-state index in [4.69, 9.17) is 16.0 Å². The number of aromatic nitrogens is 2. The van der Waals surface area contributed by atoms with Crippen LogP contribution in [0.25, 0.3) is 0 Å². The molecule has 0 spiro atoms. The molecule has 112 valence electrons. The molecule has 2 rings (SSSR count). The summed E-state index contributed by atoms with van der Waals surface area (Å²) >= 11 is 8.64. The lowest BCUT2D eigenvalue weighted by molar-refractivity contribution is -0.118. The van der Waals surface area contributed by atoms with Crippen LogP contribution in [0.4, 0.5) is 0 Å². The fourth-order valence-electron chi connectivity index (χ4n) is 1.46. The number of nitrogens with zero attached hydrogens (tertiary/aromatic N) is 2.